The summed E-state index contributed by atoms with van der Waals surface area (Å²) in [6.07, 6.45) is 0. The second-order valence-corrected chi connectivity index (χ2v) is 2.81. The predicted molar refractivity (Wildman–Crippen MR) is 43.3 cm³/mol. The third-order valence-corrected chi connectivity index (χ3v) is 1.43. The molecule has 1 unspecified atom stereocenters. The maximum atomic E-state index is 10.9. The average Bonchev–Trinajstić information content (AvgIpc) is 1.85. The predicted octanol–water partition coefficient (Wildman–Crippen LogP) is -0.987. The molecule has 0 aromatic heterocycles. The van der Waals surface area contributed by atoms with Crippen LogP contribution in [0.1, 0.15) is 13.8 Å². The highest BCUT2D eigenvalue weighted by molar-refractivity contribution is 5.89. The minimum atomic E-state index is -1.11. The van der Waals surface area contributed by atoms with Crippen LogP contribution in [0.15, 0.2) is 0 Å². The Hall–Kier alpha value is -1.10. The van der Waals surface area contributed by atoms with Crippen molar-refractivity contribution in [2.24, 2.45) is 5.73 Å². The summed E-state index contributed by atoms with van der Waals surface area (Å²) in [6, 6.07) is 0. The molecule has 0 aliphatic rings. The standard InChI is InChI=1S/C7H14N2O3/c1-5(10)9-7(2,4-12-3)6(8)11/h4H2,1-3H3,(H2,8,11)(H,9,10). The molecule has 3 N–H and O–H groups in total. The van der Waals surface area contributed by atoms with Gasteiger partial charge in [0.25, 0.3) is 0 Å². The third kappa shape index (κ3) is 2.87. The third-order valence-electron chi connectivity index (χ3n) is 1.43. The van der Waals surface area contributed by atoms with Crippen molar-refractivity contribution < 1.29 is 14.3 Å². The van der Waals surface area contributed by atoms with Crippen LogP contribution in [0.3, 0.4) is 0 Å². The summed E-state index contributed by atoms with van der Waals surface area (Å²) in [5, 5.41) is 2.42. The molecule has 0 aromatic carbocycles. The van der Waals surface area contributed by atoms with Gasteiger partial charge in [-0.05, 0) is 6.92 Å². The van der Waals surface area contributed by atoms with E-state index < -0.39 is 11.4 Å². The molecule has 0 rings (SSSR count). The van der Waals surface area contributed by atoms with Crippen LogP contribution < -0.4 is 11.1 Å². The molecule has 70 valence electrons. The lowest BCUT2D eigenvalue weighted by Gasteiger charge is -2.25. The number of rotatable bonds is 4. The molecule has 1 atom stereocenters. The molecule has 5 heteroatoms. The van der Waals surface area contributed by atoms with E-state index in [0.717, 1.165) is 0 Å². The minimum absolute atomic E-state index is 0.0713. The molecule has 0 aliphatic heterocycles. The Balaban J connectivity index is 4.38. The SMILES string of the molecule is COCC(C)(NC(C)=O)C(N)=O. The molecule has 2 amide bonds. The maximum Gasteiger partial charge on any atom is 0.245 e. The Kier molecular flexibility index (Phi) is 3.69. The van der Waals surface area contributed by atoms with Crippen LogP contribution in [0.25, 0.3) is 0 Å². The van der Waals surface area contributed by atoms with Gasteiger partial charge >= 0.3 is 0 Å². The lowest BCUT2D eigenvalue weighted by Crippen LogP contribution is -2.57. The summed E-state index contributed by atoms with van der Waals surface area (Å²) < 4.78 is 4.75. The highest BCUT2D eigenvalue weighted by atomic mass is 16.5. The van der Waals surface area contributed by atoms with Gasteiger partial charge in [0.1, 0.15) is 5.54 Å². The van der Waals surface area contributed by atoms with Crippen molar-refractivity contribution in [3.8, 4) is 0 Å². The first-order chi connectivity index (χ1) is 5.42. The zero-order chi connectivity index (χ0) is 9.78. The topological polar surface area (TPSA) is 81.4 Å². The van der Waals surface area contributed by atoms with Gasteiger partial charge in [-0.25, -0.2) is 0 Å². The average molecular weight is 174 g/mol. The normalized spacial score (nSPS) is 14.9. The van der Waals surface area contributed by atoms with Crippen LogP contribution in [0.4, 0.5) is 0 Å². The Labute approximate surface area is 71.3 Å². The fourth-order valence-electron chi connectivity index (χ4n) is 0.846. The number of carbonyl (C=O) groups excluding carboxylic acids is 2. The molecule has 0 heterocycles. The van der Waals surface area contributed by atoms with E-state index in [2.05, 4.69) is 5.32 Å². The summed E-state index contributed by atoms with van der Waals surface area (Å²) in [7, 11) is 1.43. The van der Waals surface area contributed by atoms with Gasteiger partial charge < -0.3 is 15.8 Å². The van der Waals surface area contributed by atoms with Crippen molar-refractivity contribution in [2.75, 3.05) is 13.7 Å². The minimum Gasteiger partial charge on any atom is -0.382 e. The molecule has 0 bridgehead atoms. The van der Waals surface area contributed by atoms with E-state index in [0.29, 0.717) is 0 Å². The molecule has 5 nitrogen and oxygen atoms in total. The quantitative estimate of drug-likeness (QED) is 0.574. The zero-order valence-electron chi connectivity index (χ0n) is 7.51. The monoisotopic (exact) mass is 174 g/mol. The van der Waals surface area contributed by atoms with Crippen LogP contribution in [-0.4, -0.2) is 31.1 Å². The fourth-order valence-corrected chi connectivity index (χ4v) is 0.846. The highest BCUT2D eigenvalue weighted by Crippen LogP contribution is 2.02. The molecular formula is C7H14N2O3. The highest BCUT2D eigenvalue weighted by Gasteiger charge is 2.31. The van der Waals surface area contributed by atoms with Crippen LogP contribution in [0.5, 0.6) is 0 Å². The number of nitrogens with one attached hydrogen (secondary N) is 1. The van der Waals surface area contributed by atoms with Gasteiger partial charge in [0, 0.05) is 14.0 Å². The Morgan fingerprint density at radius 1 is 1.58 bits per heavy atom. The Morgan fingerprint density at radius 2 is 2.08 bits per heavy atom. The molecule has 0 aliphatic carbocycles. The smallest absolute Gasteiger partial charge is 0.245 e. The van der Waals surface area contributed by atoms with E-state index in [1.807, 2.05) is 0 Å². The number of ether oxygens (including phenoxy) is 1. The molecule has 0 saturated heterocycles. The van der Waals surface area contributed by atoms with Gasteiger partial charge in [0.2, 0.25) is 11.8 Å². The number of carbonyl (C=O) groups is 2. The molecule has 0 spiro atoms. The van der Waals surface area contributed by atoms with Crippen molar-refractivity contribution in [1.29, 1.82) is 0 Å². The summed E-state index contributed by atoms with van der Waals surface area (Å²) in [6.45, 7) is 2.90. The van der Waals surface area contributed by atoms with E-state index in [-0.39, 0.29) is 12.5 Å². The van der Waals surface area contributed by atoms with Gasteiger partial charge in [0.15, 0.2) is 0 Å². The van der Waals surface area contributed by atoms with Crippen molar-refractivity contribution in [2.45, 2.75) is 19.4 Å². The number of amides is 2. The first kappa shape index (κ1) is 10.9. The van der Waals surface area contributed by atoms with E-state index in [9.17, 15) is 9.59 Å². The zero-order valence-corrected chi connectivity index (χ0v) is 7.51. The lowest BCUT2D eigenvalue weighted by atomic mass is 10.0. The second kappa shape index (κ2) is 4.06. The number of methoxy groups -OCH3 is 1. The van der Waals surface area contributed by atoms with Crippen LogP contribution >= 0.6 is 0 Å². The summed E-state index contributed by atoms with van der Waals surface area (Å²) >= 11 is 0. The fraction of sp³-hybridized carbons (Fsp3) is 0.714. The Morgan fingerprint density at radius 3 is 2.33 bits per heavy atom. The molecule has 0 saturated carbocycles. The number of nitrogens with two attached hydrogens (primary N) is 1. The van der Waals surface area contributed by atoms with E-state index in [1.54, 1.807) is 0 Å². The van der Waals surface area contributed by atoms with Crippen molar-refractivity contribution in [3.63, 3.8) is 0 Å². The van der Waals surface area contributed by atoms with E-state index >= 15 is 0 Å². The largest absolute Gasteiger partial charge is 0.382 e. The summed E-state index contributed by atoms with van der Waals surface area (Å²) in [5.74, 6) is -0.923. The number of hydrogen-bond acceptors (Lipinski definition) is 3. The summed E-state index contributed by atoms with van der Waals surface area (Å²) in [4.78, 5) is 21.5. The second-order valence-electron chi connectivity index (χ2n) is 2.81. The Bertz CT molecular complexity index is 193. The van der Waals surface area contributed by atoms with Crippen LogP contribution in [-0.2, 0) is 14.3 Å². The van der Waals surface area contributed by atoms with Crippen LogP contribution in [0.2, 0.25) is 0 Å². The van der Waals surface area contributed by atoms with Crippen LogP contribution in [0, 0.1) is 0 Å². The number of hydrogen-bond donors (Lipinski definition) is 2. The first-order valence-electron chi connectivity index (χ1n) is 3.50. The molecule has 0 aromatic rings. The number of primary amides is 1. The van der Waals surface area contributed by atoms with Gasteiger partial charge in [-0.2, -0.15) is 0 Å². The van der Waals surface area contributed by atoms with Crippen molar-refractivity contribution in [3.05, 3.63) is 0 Å². The molecule has 0 radical (unpaired) electrons. The lowest BCUT2D eigenvalue weighted by molar-refractivity contribution is -0.132. The maximum absolute atomic E-state index is 10.9. The van der Waals surface area contributed by atoms with E-state index in [4.69, 9.17) is 10.5 Å². The van der Waals surface area contributed by atoms with Crippen molar-refractivity contribution in [1.82, 2.24) is 5.32 Å². The van der Waals surface area contributed by atoms with Gasteiger partial charge in [0.05, 0.1) is 6.61 Å². The van der Waals surface area contributed by atoms with Gasteiger partial charge in [-0.1, -0.05) is 0 Å². The van der Waals surface area contributed by atoms with Gasteiger partial charge in [-0.3, -0.25) is 9.59 Å². The van der Waals surface area contributed by atoms with Crippen molar-refractivity contribution >= 4 is 11.8 Å². The summed E-state index contributed by atoms with van der Waals surface area (Å²) in [5.41, 5.74) is 3.96. The molecule has 0 fully saturated rings. The first-order valence-corrected chi connectivity index (χ1v) is 3.50. The van der Waals surface area contributed by atoms with E-state index in [1.165, 1.54) is 21.0 Å². The van der Waals surface area contributed by atoms with Gasteiger partial charge in [-0.15, -0.1) is 0 Å². The molecular weight excluding hydrogens is 160 g/mol. The molecule has 12 heavy (non-hydrogen) atoms.